The highest BCUT2D eigenvalue weighted by atomic mass is 32.1. The molecule has 31 heavy (non-hydrogen) atoms. The minimum absolute atomic E-state index is 0.0609. The molecule has 168 valence electrons. The summed E-state index contributed by atoms with van der Waals surface area (Å²) in [4.78, 5) is 9.61. The number of thiazole rings is 1. The van der Waals surface area contributed by atoms with Crippen molar-refractivity contribution in [3.8, 4) is 5.88 Å². The normalized spacial score (nSPS) is 17.5. The lowest BCUT2D eigenvalue weighted by molar-refractivity contribution is -0.137. The van der Waals surface area contributed by atoms with Gasteiger partial charge in [0.25, 0.3) is 0 Å². The van der Waals surface area contributed by atoms with Crippen LogP contribution in [-0.2, 0) is 12.6 Å². The zero-order valence-corrected chi connectivity index (χ0v) is 17.8. The first-order valence-electron chi connectivity index (χ1n) is 10.1. The van der Waals surface area contributed by atoms with E-state index in [1.165, 1.54) is 21.9 Å². The molecule has 1 atom stereocenters. The van der Waals surface area contributed by atoms with Crippen molar-refractivity contribution in [3.05, 3.63) is 46.1 Å². The van der Waals surface area contributed by atoms with Gasteiger partial charge < -0.3 is 10.2 Å². The van der Waals surface area contributed by atoms with Crippen LogP contribution in [0.5, 0.6) is 5.88 Å². The molecule has 0 unspecified atom stereocenters. The van der Waals surface area contributed by atoms with E-state index in [0.717, 1.165) is 12.1 Å². The molecule has 0 amide bonds. The summed E-state index contributed by atoms with van der Waals surface area (Å²) in [6.07, 6.45) is -3.84. The maximum absolute atomic E-state index is 13.4. The lowest BCUT2D eigenvalue weighted by Crippen LogP contribution is -2.48. The number of alkyl halides is 3. The zero-order valence-electron chi connectivity index (χ0n) is 17.0. The van der Waals surface area contributed by atoms with Gasteiger partial charge in [-0.05, 0) is 17.7 Å². The second-order valence-electron chi connectivity index (χ2n) is 7.49. The molecular formula is C20H24F3N5O2S. The number of aryl methyl sites for hydroxylation is 1. The van der Waals surface area contributed by atoms with E-state index < -0.39 is 17.8 Å². The molecule has 7 nitrogen and oxygen atoms in total. The Morgan fingerprint density at radius 3 is 2.55 bits per heavy atom. The minimum atomic E-state index is -4.45. The number of halogens is 3. The molecule has 0 spiro atoms. The first-order chi connectivity index (χ1) is 14.8. The highest BCUT2D eigenvalue weighted by Gasteiger charge is 2.35. The Bertz CT molecular complexity index is 1040. The zero-order chi connectivity index (χ0) is 22.2. The number of fused-ring (bicyclic) bond motifs is 1. The van der Waals surface area contributed by atoms with Gasteiger partial charge in [0, 0.05) is 39.1 Å². The monoisotopic (exact) mass is 455 g/mol. The lowest BCUT2D eigenvalue weighted by atomic mass is 10.00. The van der Waals surface area contributed by atoms with Crippen LogP contribution in [0, 0.1) is 0 Å². The van der Waals surface area contributed by atoms with E-state index in [0.29, 0.717) is 60.4 Å². The van der Waals surface area contributed by atoms with Crippen molar-refractivity contribution >= 4 is 16.3 Å². The number of benzene rings is 1. The fraction of sp³-hybridized carbons (Fsp3) is 0.500. The van der Waals surface area contributed by atoms with E-state index in [4.69, 9.17) is 0 Å². The van der Waals surface area contributed by atoms with Crippen molar-refractivity contribution in [2.24, 2.45) is 0 Å². The van der Waals surface area contributed by atoms with Gasteiger partial charge in [-0.2, -0.15) is 17.7 Å². The van der Waals surface area contributed by atoms with E-state index in [2.05, 4.69) is 19.9 Å². The van der Waals surface area contributed by atoms with Gasteiger partial charge in [-0.3, -0.25) is 9.80 Å². The Hall–Kier alpha value is -2.21. The predicted octanol–water partition coefficient (Wildman–Crippen LogP) is 2.78. The number of aromatic hydroxyl groups is 1. The maximum Gasteiger partial charge on any atom is 0.416 e. The summed E-state index contributed by atoms with van der Waals surface area (Å²) in [5, 5.41) is 24.4. The minimum Gasteiger partial charge on any atom is -0.492 e. The van der Waals surface area contributed by atoms with E-state index in [1.807, 2.05) is 6.92 Å². The standard InChI is InChI=1S/C20H24F3N5O2S/c1-2-15-24-19-28(25-15)18(30)17(31-19)16(27-8-6-26(7-9-27)10-11-29)13-4-3-5-14(12-13)20(21,22)23/h3-5,12,16,29-30H,2,6-11H2,1H3/t16-/m0/s1. The van der Waals surface area contributed by atoms with Crippen LogP contribution in [-0.4, -0.2) is 73.9 Å². The van der Waals surface area contributed by atoms with Crippen LogP contribution < -0.4 is 0 Å². The van der Waals surface area contributed by atoms with Gasteiger partial charge in [-0.25, -0.2) is 4.98 Å². The molecule has 1 aromatic carbocycles. The van der Waals surface area contributed by atoms with Crippen molar-refractivity contribution in [2.45, 2.75) is 25.6 Å². The molecule has 0 aliphatic carbocycles. The average molecular weight is 456 g/mol. The summed E-state index contributed by atoms with van der Waals surface area (Å²) in [5.41, 5.74) is -0.262. The van der Waals surface area contributed by atoms with Crippen LogP contribution in [0.3, 0.4) is 0 Å². The smallest absolute Gasteiger partial charge is 0.416 e. The average Bonchev–Trinajstić information content (AvgIpc) is 3.29. The van der Waals surface area contributed by atoms with Crippen LogP contribution >= 0.6 is 11.3 Å². The Morgan fingerprint density at radius 1 is 1.19 bits per heavy atom. The summed E-state index contributed by atoms with van der Waals surface area (Å²) in [5.74, 6) is 0.508. The molecule has 0 bridgehead atoms. The van der Waals surface area contributed by atoms with Crippen molar-refractivity contribution in [1.82, 2.24) is 24.4 Å². The highest BCUT2D eigenvalue weighted by Crippen LogP contribution is 2.41. The summed E-state index contributed by atoms with van der Waals surface area (Å²) in [6, 6.07) is 4.70. The summed E-state index contributed by atoms with van der Waals surface area (Å²) in [6.45, 7) is 5.07. The van der Waals surface area contributed by atoms with Gasteiger partial charge in [-0.15, -0.1) is 5.10 Å². The molecule has 1 saturated heterocycles. The Kier molecular flexibility index (Phi) is 6.20. The number of β-amino-alcohol motifs (C(OH)–C–C–N with tert-alkyl or cyclic N) is 1. The summed E-state index contributed by atoms with van der Waals surface area (Å²) in [7, 11) is 0. The second kappa shape index (κ2) is 8.73. The van der Waals surface area contributed by atoms with Crippen LogP contribution in [0.2, 0.25) is 0 Å². The summed E-state index contributed by atoms with van der Waals surface area (Å²) >= 11 is 1.24. The molecule has 3 aromatic rings. The van der Waals surface area contributed by atoms with Gasteiger partial charge in [0.2, 0.25) is 10.8 Å². The maximum atomic E-state index is 13.4. The van der Waals surface area contributed by atoms with Gasteiger partial charge in [-0.1, -0.05) is 30.4 Å². The van der Waals surface area contributed by atoms with Gasteiger partial charge >= 0.3 is 6.18 Å². The largest absolute Gasteiger partial charge is 0.492 e. The molecule has 0 radical (unpaired) electrons. The molecule has 3 heterocycles. The third-order valence-corrected chi connectivity index (χ3v) is 6.60. The predicted molar refractivity (Wildman–Crippen MR) is 110 cm³/mol. The molecule has 0 saturated carbocycles. The fourth-order valence-corrected chi connectivity index (χ4v) is 5.05. The Morgan fingerprint density at radius 2 is 1.94 bits per heavy atom. The second-order valence-corrected chi connectivity index (χ2v) is 8.50. The molecule has 2 N–H and O–H groups in total. The van der Waals surface area contributed by atoms with Crippen molar-refractivity contribution in [2.75, 3.05) is 39.3 Å². The number of aliphatic hydroxyl groups is 1. The quantitative estimate of drug-likeness (QED) is 0.595. The van der Waals surface area contributed by atoms with Gasteiger partial charge in [0.1, 0.15) is 0 Å². The molecule has 2 aromatic heterocycles. The van der Waals surface area contributed by atoms with Gasteiger partial charge in [0.15, 0.2) is 5.82 Å². The Balaban J connectivity index is 1.75. The van der Waals surface area contributed by atoms with E-state index in [-0.39, 0.29) is 12.5 Å². The Labute approximate surface area is 181 Å². The van der Waals surface area contributed by atoms with Crippen molar-refractivity contribution in [1.29, 1.82) is 0 Å². The molecule has 4 rings (SSSR count). The van der Waals surface area contributed by atoms with E-state index in [9.17, 15) is 23.4 Å². The molecule has 1 fully saturated rings. The number of rotatable bonds is 6. The molecular weight excluding hydrogens is 431 g/mol. The fourth-order valence-electron chi connectivity index (χ4n) is 3.92. The van der Waals surface area contributed by atoms with Gasteiger partial charge in [0.05, 0.1) is 23.1 Å². The number of hydrogen-bond acceptors (Lipinski definition) is 7. The first kappa shape index (κ1) is 22.0. The van der Waals surface area contributed by atoms with Crippen LogP contribution in [0.15, 0.2) is 24.3 Å². The lowest BCUT2D eigenvalue weighted by Gasteiger charge is -2.39. The highest BCUT2D eigenvalue weighted by molar-refractivity contribution is 7.17. The third-order valence-electron chi connectivity index (χ3n) is 5.53. The topological polar surface area (TPSA) is 77.1 Å². The molecule has 1 aliphatic heterocycles. The molecule has 11 heteroatoms. The summed E-state index contributed by atoms with van der Waals surface area (Å²) < 4.78 is 41.5. The SMILES string of the molecule is CCc1nc2sc([C@H](c3cccc(C(F)(F)F)c3)N3CCN(CCO)CC3)c(O)n2n1. The number of hydrogen-bond donors (Lipinski definition) is 2. The first-order valence-corrected chi connectivity index (χ1v) is 10.9. The number of nitrogens with zero attached hydrogens (tertiary/aromatic N) is 5. The van der Waals surface area contributed by atoms with E-state index >= 15 is 0 Å². The van der Waals surface area contributed by atoms with Crippen molar-refractivity contribution < 1.29 is 23.4 Å². The van der Waals surface area contributed by atoms with Crippen LogP contribution in [0.1, 0.15) is 34.8 Å². The number of aromatic nitrogens is 3. The number of aliphatic hydroxyl groups excluding tert-OH is 1. The van der Waals surface area contributed by atoms with Crippen molar-refractivity contribution in [3.63, 3.8) is 0 Å². The van der Waals surface area contributed by atoms with Crippen LogP contribution in [0.4, 0.5) is 13.2 Å². The van der Waals surface area contributed by atoms with E-state index in [1.54, 1.807) is 6.07 Å². The molecule has 1 aliphatic rings. The van der Waals surface area contributed by atoms with Crippen LogP contribution in [0.25, 0.3) is 4.96 Å². The third kappa shape index (κ3) is 4.40. The number of piperazine rings is 1.